The Kier molecular flexibility index (Phi) is 2.82. The van der Waals surface area contributed by atoms with Crippen molar-refractivity contribution in [2.75, 3.05) is 6.67 Å². The van der Waals surface area contributed by atoms with Crippen molar-refractivity contribution in [3.8, 4) is 0 Å². The third-order valence-electron chi connectivity index (χ3n) is 3.18. The molecule has 1 nitrogen and oxygen atoms in total. The highest BCUT2D eigenvalue weighted by molar-refractivity contribution is 5.28. The first kappa shape index (κ1) is 9.66. The van der Waals surface area contributed by atoms with Crippen LogP contribution in [0.15, 0.2) is 24.3 Å². The zero-order valence-corrected chi connectivity index (χ0v) is 8.12. The van der Waals surface area contributed by atoms with Gasteiger partial charge >= 0.3 is 0 Å². The Morgan fingerprint density at radius 1 is 1.36 bits per heavy atom. The van der Waals surface area contributed by atoms with Gasteiger partial charge < -0.3 is 5.11 Å². The van der Waals surface area contributed by atoms with Gasteiger partial charge in [0.2, 0.25) is 0 Å². The van der Waals surface area contributed by atoms with Crippen molar-refractivity contribution in [2.45, 2.75) is 25.4 Å². The molecule has 0 amide bonds. The summed E-state index contributed by atoms with van der Waals surface area (Å²) in [7, 11) is 0. The summed E-state index contributed by atoms with van der Waals surface area (Å²) in [5, 5.41) is 8.98. The average Bonchev–Trinajstić information content (AvgIpc) is 2.17. The number of aliphatic hydroxyl groups is 1. The lowest BCUT2D eigenvalue weighted by Gasteiger charge is -2.35. The number of alkyl halides is 1. The third kappa shape index (κ3) is 1.67. The summed E-state index contributed by atoms with van der Waals surface area (Å²) >= 11 is 0. The molecule has 2 heteroatoms. The zero-order chi connectivity index (χ0) is 9.97. The van der Waals surface area contributed by atoms with Crippen molar-refractivity contribution >= 4 is 0 Å². The maximum absolute atomic E-state index is 12.5. The fraction of sp³-hybridized carbons (Fsp3) is 0.500. The normalized spacial score (nSPS) is 25.9. The molecule has 1 aliphatic rings. The quantitative estimate of drug-likeness (QED) is 0.784. The molecule has 1 aromatic carbocycles. The van der Waals surface area contributed by atoms with Gasteiger partial charge in [-0.05, 0) is 35.8 Å². The Balaban J connectivity index is 2.15. The van der Waals surface area contributed by atoms with Crippen molar-refractivity contribution in [3.63, 3.8) is 0 Å². The average molecular weight is 194 g/mol. The first-order valence-electron chi connectivity index (χ1n) is 5.11. The highest BCUT2D eigenvalue weighted by Gasteiger charge is 2.31. The van der Waals surface area contributed by atoms with Crippen LogP contribution < -0.4 is 0 Å². The Labute approximate surface area is 83.6 Å². The van der Waals surface area contributed by atoms with Crippen LogP contribution in [-0.2, 0) is 6.61 Å². The van der Waals surface area contributed by atoms with Gasteiger partial charge in [-0.25, -0.2) is 0 Å². The van der Waals surface area contributed by atoms with Crippen molar-refractivity contribution in [2.24, 2.45) is 5.92 Å². The molecular weight excluding hydrogens is 179 g/mol. The van der Waals surface area contributed by atoms with E-state index in [4.69, 9.17) is 5.11 Å². The second-order valence-electron chi connectivity index (χ2n) is 4.00. The lowest BCUT2D eigenvalue weighted by atomic mass is 9.70. The maximum Gasteiger partial charge on any atom is 0.0928 e. The predicted molar refractivity (Wildman–Crippen MR) is 53.8 cm³/mol. The Morgan fingerprint density at radius 2 is 2.21 bits per heavy atom. The van der Waals surface area contributed by atoms with Gasteiger partial charge in [0.15, 0.2) is 0 Å². The minimum absolute atomic E-state index is 0.0703. The van der Waals surface area contributed by atoms with Gasteiger partial charge in [0.25, 0.3) is 0 Å². The molecule has 0 aliphatic heterocycles. The predicted octanol–water partition coefficient (Wildman–Crippen LogP) is 2.64. The Bertz CT molecular complexity index is 309. The summed E-state index contributed by atoms with van der Waals surface area (Å²) in [6.45, 7) is -0.144. The summed E-state index contributed by atoms with van der Waals surface area (Å²) in [5.74, 6) is 0.593. The van der Waals surface area contributed by atoms with Gasteiger partial charge in [0.05, 0.1) is 13.3 Å². The minimum Gasteiger partial charge on any atom is -0.392 e. The topological polar surface area (TPSA) is 20.2 Å². The van der Waals surface area contributed by atoms with Crippen molar-refractivity contribution in [1.29, 1.82) is 0 Å². The summed E-state index contributed by atoms with van der Waals surface area (Å²) < 4.78 is 12.5. The lowest BCUT2D eigenvalue weighted by Crippen LogP contribution is -2.25. The molecule has 0 heterocycles. The molecule has 2 unspecified atom stereocenters. The van der Waals surface area contributed by atoms with Gasteiger partial charge in [0.1, 0.15) is 0 Å². The van der Waals surface area contributed by atoms with E-state index >= 15 is 0 Å². The smallest absolute Gasteiger partial charge is 0.0928 e. The largest absolute Gasteiger partial charge is 0.392 e. The molecule has 1 saturated carbocycles. The zero-order valence-electron chi connectivity index (χ0n) is 8.12. The monoisotopic (exact) mass is 194 g/mol. The molecule has 1 aromatic rings. The summed E-state index contributed by atoms with van der Waals surface area (Å²) in [6.07, 6.45) is 2.09. The van der Waals surface area contributed by atoms with E-state index in [1.54, 1.807) is 0 Å². The molecule has 2 atom stereocenters. The standard InChI is InChI=1S/C12H15FO/c13-7-11-4-5-12(11)10-3-1-2-9(6-10)8-14/h1-3,6,11-12,14H,4-5,7-8H2. The Hall–Kier alpha value is -0.890. The van der Waals surface area contributed by atoms with Crippen LogP contribution in [0.3, 0.4) is 0 Å². The fourth-order valence-electron chi connectivity index (χ4n) is 2.11. The van der Waals surface area contributed by atoms with Crippen LogP contribution >= 0.6 is 0 Å². The molecule has 0 spiro atoms. The van der Waals surface area contributed by atoms with Gasteiger partial charge in [-0.15, -0.1) is 0 Å². The number of aliphatic hydroxyl groups excluding tert-OH is 1. The van der Waals surface area contributed by atoms with E-state index in [0.29, 0.717) is 5.92 Å². The first-order chi connectivity index (χ1) is 6.85. The van der Waals surface area contributed by atoms with Crippen molar-refractivity contribution in [1.82, 2.24) is 0 Å². The van der Waals surface area contributed by atoms with E-state index in [9.17, 15) is 4.39 Å². The molecule has 0 radical (unpaired) electrons. The van der Waals surface area contributed by atoms with Crippen molar-refractivity contribution in [3.05, 3.63) is 35.4 Å². The van der Waals surface area contributed by atoms with E-state index < -0.39 is 0 Å². The highest BCUT2D eigenvalue weighted by Crippen LogP contribution is 2.42. The Morgan fingerprint density at radius 3 is 2.79 bits per heavy atom. The summed E-state index contributed by atoms with van der Waals surface area (Å²) in [6, 6.07) is 7.86. The van der Waals surface area contributed by atoms with Crippen LogP contribution in [0.2, 0.25) is 0 Å². The molecule has 2 rings (SSSR count). The molecule has 1 N–H and O–H groups in total. The van der Waals surface area contributed by atoms with Crippen molar-refractivity contribution < 1.29 is 9.50 Å². The van der Waals surface area contributed by atoms with Crippen LogP contribution in [0.1, 0.15) is 29.9 Å². The van der Waals surface area contributed by atoms with E-state index in [1.165, 1.54) is 5.56 Å². The van der Waals surface area contributed by atoms with Crippen LogP contribution in [0.5, 0.6) is 0 Å². The first-order valence-corrected chi connectivity index (χ1v) is 5.11. The van der Waals surface area contributed by atoms with Gasteiger partial charge in [-0.1, -0.05) is 24.3 Å². The third-order valence-corrected chi connectivity index (χ3v) is 3.18. The number of halogens is 1. The van der Waals surface area contributed by atoms with E-state index in [-0.39, 0.29) is 19.2 Å². The lowest BCUT2D eigenvalue weighted by molar-refractivity contribution is 0.199. The molecule has 0 aromatic heterocycles. The molecule has 14 heavy (non-hydrogen) atoms. The molecular formula is C12H15FO. The highest BCUT2D eigenvalue weighted by atomic mass is 19.1. The number of hydrogen-bond acceptors (Lipinski definition) is 1. The van der Waals surface area contributed by atoms with E-state index in [1.807, 2.05) is 24.3 Å². The number of hydrogen-bond donors (Lipinski definition) is 1. The van der Waals surface area contributed by atoms with Crippen LogP contribution in [0, 0.1) is 5.92 Å². The molecule has 1 fully saturated rings. The maximum atomic E-state index is 12.5. The molecule has 1 aliphatic carbocycles. The van der Waals surface area contributed by atoms with E-state index in [2.05, 4.69) is 0 Å². The second kappa shape index (κ2) is 4.09. The van der Waals surface area contributed by atoms with Gasteiger partial charge in [0, 0.05) is 0 Å². The number of rotatable bonds is 3. The van der Waals surface area contributed by atoms with Crippen LogP contribution in [0.25, 0.3) is 0 Å². The van der Waals surface area contributed by atoms with Gasteiger partial charge in [-0.3, -0.25) is 4.39 Å². The molecule has 0 bridgehead atoms. The van der Waals surface area contributed by atoms with Gasteiger partial charge in [-0.2, -0.15) is 0 Å². The summed E-state index contributed by atoms with van der Waals surface area (Å²) in [4.78, 5) is 0. The minimum atomic E-state index is -0.214. The van der Waals surface area contributed by atoms with E-state index in [0.717, 1.165) is 18.4 Å². The van der Waals surface area contributed by atoms with Crippen LogP contribution in [-0.4, -0.2) is 11.8 Å². The SMILES string of the molecule is OCc1cccc(C2CCC2CF)c1. The second-order valence-corrected chi connectivity index (χ2v) is 4.00. The molecule has 0 saturated heterocycles. The number of benzene rings is 1. The summed E-state index contributed by atoms with van der Waals surface area (Å²) in [5.41, 5.74) is 2.11. The molecule has 76 valence electrons. The fourth-order valence-corrected chi connectivity index (χ4v) is 2.11. The van der Waals surface area contributed by atoms with Crippen LogP contribution in [0.4, 0.5) is 4.39 Å².